The van der Waals surface area contributed by atoms with Gasteiger partial charge in [0.05, 0.1) is 0 Å². The summed E-state index contributed by atoms with van der Waals surface area (Å²) < 4.78 is 0. The lowest BCUT2D eigenvalue weighted by Crippen LogP contribution is -1.84. The quantitative estimate of drug-likeness (QED) is 0.606. The SMILES string of the molecule is [C-]#[N+]C(C)c1cccc(O)c1. The molecule has 0 aromatic heterocycles. The number of rotatable bonds is 1. The Labute approximate surface area is 65.9 Å². The van der Waals surface area contributed by atoms with Gasteiger partial charge in [-0.05, 0) is 12.1 Å². The summed E-state index contributed by atoms with van der Waals surface area (Å²) in [4.78, 5) is 3.34. The molecule has 1 atom stereocenters. The number of phenols is 1. The highest BCUT2D eigenvalue weighted by molar-refractivity contribution is 5.30. The fourth-order valence-electron chi connectivity index (χ4n) is 0.859. The molecule has 0 saturated carbocycles. The Balaban J connectivity index is 2.98. The van der Waals surface area contributed by atoms with Crippen molar-refractivity contribution in [1.29, 1.82) is 0 Å². The molecule has 0 bridgehead atoms. The molecule has 1 unspecified atom stereocenters. The molecule has 0 radical (unpaired) electrons. The van der Waals surface area contributed by atoms with Gasteiger partial charge in [-0.2, -0.15) is 0 Å². The molecule has 0 aliphatic rings. The summed E-state index contributed by atoms with van der Waals surface area (Å²) in [6, 6.07) is 6.62. The van der Waals surface area contributed by atoms with E-state index < -0.39 is 0 Å². The summed E-state index contributed by atoms with van der Waals surface area (Å²) in [5, 5.41) is 9.05. The van der Waals surface area contributed by atoms with Crippen molar-refractivity contribution in [2.75, 3.05) is 0 Å². The molecule has 0 aliphatic carbocycles. The molecule has 11 heavy (non-hydrogen) atoms. The number of hydrogen-bond acceptors (Lipinski definition) is 1. The first-order valence-electron chi connectivity index (χ1n) is 3.39. The summed E-state index contributed by atoms with van der Waals surface area (Å²) in [5.41, 5.74) is 0.861. The van der Waals surface area contributed by atoms with E-state index in [0.717, 1.165) is 5.56 Å². The molecule has 0 aliphatic heterocycles. The van der Waals surface area contributed by atoms with Gasteiger partial charge in [-0.15, -0.1) is 0 Å². The van der Waals surface area contributed by atoms with E-state index in [9.17, 15) is 0 Å². The standard InChI is InChI=1S/C9H9NO/c1-7(10-2)8-4-3-5-9(11)6-8/h3-7,11H,1H3. The molecule has 56 valence electrons. The van der Waals surface area contributed by atoms with Gasteiger partial charge >= 0.3 is 0 Å². The lowest BCUT2D eigenvalue weighted by Gasteiger charge is -1.98. The van der Waals surface area contributed by atoms with Crippen LogP contribution < -0.4 is 0 Å². The van der Waals surface area contributed by atoms with Crippen LogP contribution >= 0.6 is 0 Å². The molecule has 1 aromatic carbocycles. The van der Waals surface area contributed by atoms with Crippen LogP contribution in [-0.2, 0) is 0 Å². The van der Waals surface area contributed by atoms with Crippen LogP contribution in [0.4, 0.5) is 0 Å². The second-order valence-corrected chi connectivity index (χ2v) is 2.40. The van der Waals surface area contributed by atoms with Crippen molar-refractivity contribution < 1.29 is 5.11 Å². The van der Waals surface area contributed by atoms with Crippen LogP contribution in [0.2, 0.25) is 0 Å². The predicted octanol–water partition coefficient (Wildman–Crippen LogP) is 2.37. The Kier molecular flexibility index (Phi) is 2.12. The number of aromatic hydroxyl groups is 1. The maximum absolute atomic E-state index is 9.05. The van der Waals surface area contributed by atoms with Crippen molar-refractivity contribution in [2.45, 2.75) is 13.0 Å². The normalized spacial score (nSPS) is 12.0. The molecule has 1 aromatic rings. The van der Waals surface area contributed by atoms with Crippen molar-refractivity contribution in [3.8, 4) is 5.75 Å². The van der Waals surface area contributed by atoms with Gasteiger partial charge in [-0.3, -0.25) is 0 Å². The lowest BCUT2D eigenvalue weighted by atomic mass is 10.1. The molecular weight excluding hydrogens is 138 g/mol. The minimum Gasteiger partial charge on any atom is -0.508 e. The van der Waals surface area contributed by atoms with Crippen LogP contribution in [-0.4, -0.2) is 5.11 Å². The Morgan fingerprint density at radius 1 is 1.55 bits per heavy atom. The fraction of sp³-hybridized carbons (Fsp3) is 0.222. The van der Waals surface area contributed by atoms with Gasteiger partial charge in [-0.25, -0.2) is 6.57 Å². The fourth-order valence-corrected chi connectivity index (χ4v) is 0.859. The molecule has 0 spiro atoms. The number of phenolic OH excluding ortho intramolecular Hbond substituents is 1. The topological polar surface area (TPSA) is 24.6 Å². The molecule has 1 rings (SSSR count). The summed E-state index contributed by atoms with van der Waals surface area (Å²) in [6.45, 7) is 8.57. The van der Waals surface area contributed by atoms with Crippen molar-refractivity contribution in [2.24, 2.45) is 0 Å². The minimum atomic E-state index is -0.165. The monoisotopic (exact) mass is 147 g/mol. The molecular formula is C9H9NO. The third kappa shape index (κ3) is 1.71. The van der Waals surface area contributed by atoms with Crippen LogP contribution in [0.1, 0.15) is 18.5 Å². The summed E-state index contributed by atoms with van der Waals surface area (Å²) in [6.07, 6.45) is 0. The first-order chi connectivity index (χ1) is 5.24. The molecule has 1 N–H and O–H groups in total. The zero-order chi connectivity index (χ0) is 8.27. The third-order valence-corrected chi connectivity index (χ3v) is 1.55. The van der Waals surface area contributed by atoms with Crippen LogP contribution in [0.25, 0.3) is 4.85 Å². The summed E-state index contributed by atoms with van der Waals surface area (Å²) in [5.74, 6) is 0.220. The largest absolute Gasteiger partial charge is 0.508 e. The zero-order valence-corrected chi connectivity index (χ0v) is 6.28. The van der Waals surface area contributed by atoms with E-state index in [2.05, 4.69) is 4.85 Å². The zero-order valence-electron chi connectivity index (χ0n) is 6.28. The maximum atomic E-state index is 9.05. The summed E-state index contributed by atoms with van der Waals surface area (Å²) >= 11 is 0. The van der Waals surface area contributed by atoms with Gasteiger partial charge in [-0.1, -0.05) is 12.1 Å². The van der Waals surface area contributed by atoms with Crippen molar-refractivity contribution in [3.05, 3.63) is 41.2 Å². The second-order valence-electron chi connectivity index (χ2n) is 2.40. The van der Waals surface area contributed by atoms with E-state index in [-0.39, 0.29) is 11.8 Å². The molecule has 2 nitrogen and oxygen atoms in total. The summed E-state index contributed by atoms with van der Waals surface area (Å²) in [7, 11) is 0. The Morgan fingerprint density at radius 3 is 2.82 bits per heavy atom. The second kappa shape index (κ2) is 3.07. The highest BCUT2D eigenvalue weighted by atomic mass is 16.3. The van der Waals surface area contributed by atoms with Crippen LogP contribution in [0.3, 0.4) is 0 Å². The van der Waals surface area contributed by atoms with Gasteiger partial charge in [0.2, 0.25) is 6.04 Å². The van der Waals surface area contributed by atoms with Crippen molar-refractivity contribution in [3.63, 3.8) is 0 Å². The number of benzene rings is 1. The molecule has 0 heterocycles. The van der Waals surface area contributed by atoms with Gasteiger partial charge in [0, 0.05) is 12.5 Å². The Bertz CT molecular complexity index is 288. The van der Waals surface area contributed by atoms with Crippen LogP contribution in [0.15, 0.2) is 24.3 Å². The first-order valence-corrected chi connectivity index (χ1v) is 3.39. The predicted molar refractivity (Wildman–Crippen MR) is 43.1 cm³/mol. The van der Waals surface area contributed by atoms with E-state index in [1.54, 1.807) is 18.2 Å². The Morgan fingerprint density at radius 2 is 2.27 bits per heavy atom. The molecule has 0 fully saturated rings. The van der Waals surface area contributed by atoms with E-state index >= 15 is 0 Å². The smallest absolute Gasteiger partial charge is 0.246 e. The molecule has 0 amide bonds. The molecule has 0 saturated heterocycles. The van der Waals surface area contributed by atoms with Crippen LogP contribution in [0, 0.1) is 6.57 Å². The van der Waals surface area contributed by atoms with Crippen molar-refractivity contribution in [1.82, 2.24) is 0 Å². The maximum Gasteiger partial charge on any atom is 0.246 e. The van der Waals surface area contributed by atoms with Gasteiger partial charge in [0.1, 0.15) is 5.75 Å². The minimum absolute atomic E-state index is 0.165. The van der Waals surface area contributed by atoms with Crippen molar-refractivity contribution >= 4 is 0 Å². The van der Waals surface area contributed by atoms with E-state index in [0.29, 0.717) is 0 Å². The van der Waals surface area contributed by atoms with Gasteiger partial charge in [0.15, 0.2) is 0 Å². The van der Waals surface area contributed by atoms with E-state index in [1.165, 1.54) is 0 Å². The first kappa shape index (κ1) is 7.62. The highest BCUT2D eigenvalue weighted by Gasteiger charge is 2.07. The number of nitrogens with zero attached hydrogens (tertiary/aromatic N) is 1. The highest BCUT2D eigenvalue weighted by Crippen LogP contribution is 2.20. The van der Waals surface area contributed by atoms with Gasteiger partial charge in [0.25, 0.3) is 0 Å². The average Bonchev–Trinajstić information content (AvgIpc) is 2.03. The number of hydrogen-bond donors (Lipinski definition) is 1. The Hall–Kier alpha value is -1.49. The average molecular weight is 147 g/mol. The molecule has 2 heteroatoms. The van der Waals surface area contributed by atoms with Crippen LogP contribution in [0.5, 0.6) is 5.75 Å². The van der Waals surface area contributed by atoms with E-state index in [1.807, 2.05) is 13.0 Å². The lowest BCUT2D eigenvalue weighted by molar-refractivity contribution is 0.474. The third-order valence-electron chi connectivity index (χ3n) is 1.55. The van der Waals surface area contributed by atoms with Gasteiger partial charge < -0.3 is 9.95 Å². The van der Waals surface area contributed by atoms with E-state index in [4.69, 9.17) is 11.7 Å².